The number of aliphatic carboxylic acids is 1. The molecule has 0 atom stereocenters. The van der Waals surface area contributed by atoms with Gasteiger partial charge in [-0.05, 0) is 39.8 Å². The fraction of sp³-hybridized carbons (Fsp3) is 0.750. The first-order valence-electron chi connectivity index (χ1n) is 6.26. The molecule has 1 aliphatic carbocycles. The standard InChI is InChI=1S/C12H19N3O3/c1-15(2)7-10-13-14-11(18-10)8-3-5-9(6-4-8)12(16)17/h8-9H,3-7H2,1-2H3,(H,16,17). The largest absolute Gasteiger partial charge is 0.481 e. The number of carboxylic acids is 1. The minimum absolute atomic E-state index is 0.203. The highest BCUT2D eigenvalue weighted by molar-refractivity contribution is 5.70. The summed E-state index contributed by atoms with van der Waals surface area (Å²) in [5.41, 5.74) is 0. The smallest absolute Gasteiger partial charge is 0.306 e. The summed E-state index contributed by atoms with van der Waals surface area (Å²) in [6.07, 6.45) is 3.04. The lowest BCUT2D eigenvalue weighted by molar-refractivity contribution is -0.142. The lowest BCUT2D eigenvalue weighted by Gasteiger charge is -2.23. The Morgan fingerprint density at radius 3 is 2.56 bits per heavy atom. The van der Waals surface area contributed by atoms with Crippen LogP contribution in [-0.2, 0) is 11.3 Å². The van der Waals surface area contributed by atoms with Crippen molar-refractivity contribution in [2.24, 2.45) is 5.92 Å². The molecule has 18 heavy (non-hydrogen) atoms. The molecule has 1 aliphatic rings. The lowest BCUT2D eigenvalue weighted by Crippen LogP contribution is -2.20. The summed E-state index contributed by atoms with van der Waals surface area (Å²) in [5.74, 6) is 0.618. The predicted molar refractivity (Wildman–Crippen MR) is 64.0 cm³/mol. The van der Waals surface area contributed by atoms with Crippen LogP contribution < -0.4 is 0 Å². The van der Waals surface area contributed by atoms with Crippen LogP contribution in [0, 0.1) is 5.92 Å². The molecule has 6 heteroatoms. The van der Waals surface area contributed by atoms with Gasteiger partial charge in [0.15, 0.2) is 0 Å². The van der Waals surface area contributed by atoms with Crippen LogP contribution >= 0.6 is 0 Å². The van der Waals surface area contributed by atoms with Crippen molar-refractivity contribution in [1.82, 2.24) is 15.1 Å². The molecule has 6 nitrogen and oxygen atoms in total. The first-order chi connectivity index (χ1) is 8.56. The number of hydrogen-bond donors (Lipinski definition) is 1. The van der Waals surface area contributed by atoms with Crippen molar-refractivity contribution in [2.75, 3.05) is 14.1 Å². The van der Waals surface area contributed by atoms with Crippen LogP contribution in [0.3, 0.4) is 0 Å². The zero-order chi connectivity index (χ0) is 13.1. The highest BCUT2D eigenvalue weighted by Crippen LogP contribution is 2.35. The van der Waals surface area contributed by atoms with Gasteiger partial charge in [-0.1, -0.05) is 0 Å². The van der Waals surface area contributed by atoms with Gasteiger partial charge in [0.2, 0.25) is 11.8 Å². The number of carboxylic acid groups (broad SMARTS) is 1. The molecule has 0 bridgehead atoms. The number of hydrogen-bond acceptors (Lipinski definition) is 5. The van der Waals surface area contributed by atoms with Gasteiger partial charge in [-0.15, -0.1) is 10.2 Å². The van der Waals surface area contributed by atoms with E-state index in [4.69, 9.17) is 9.52 Å². The van der Waals surface area contributed by atoms with Gasteiger partial charge in [0, 0.05) is 5.92 Å². The maximum absolute atomic E-state index is 10.9. The summed E-state index contributed by atoms with van der Waals surface area (Å²) in [7, 11) is 3.89. The quantitative estimate of drug-likeness (QED) is 0.875. The predicted octanol–water partition coefficient (Wildman–Crippen LogP) is 1.49. The van der Waals surface area contributed by atoms with E-state index in [9.17, 15) is 4.79 Å². The van der Waals surface area contributed by atoms with E-state index < -0.39 is 5.97 Å². The van der Waals surface area contributed by atoms with Crippen LogP contribution in [0.4, 0.5) is 0 Å². The molecule has 1 N–H and O–H groups in total. The third kappa shape index (κ3) is 3.07. The summed E-state index contributed by atoms with van der Waals surface area (Å²) < 4.78 is 5.62. The second kappa shape index (κ2) is 5.48. The molecule has 0 unspecified atom stereocenters. The van der Waals surface area contributed by atoms with E-state index in [2.05, 4.69) is 10.2 Å². The highest BCUT2D eigenvalue weighted by atomic mass is 16.4. The molecule has 1 aromatic rings. The van der Waals surface area contributed by atoms with Gasteiger partial charge >= 0.3 is 5.97 Å². The highest BCUT2D eigenvalue weighted by Gasteiger charge is 2.29. The summed E-state index contributed by atoms with van der Waals surface area (Å²) >= 11 is 0. The molecule has 0 aromatic carbocycles. The van der Waals surface area contributed by atoms with E-state index in [0.717, 1.165) is 12.8 Å². The molecule has 1 aromatic heterocycles. The van der Waals surface area contributed by atoms with Crippen molar-refractivity contribution in [2.45, 2.75) is 38.1 Å². The van der Waals surface area contributed by atoms with E-state index in [-0.39, 0.29) is 11.8 Å². The summed E-state index contributed by atoms with van der Waals surface area (Å²) in [6, 6.07) is 0. The Labute approximate surface area is 106 Å². The second-order valence-electron chi connectivity index (χ2n) is 5.16. The molecular weight excluding hydrogens is 234 g/mol. The Morgan fingerprint density at radius 1 is 1.33 bits per heavy atom. The number of carbonyl (C=O) groups is 1. The third-order valence-corrected chi connectivity index (χ3v) is 3.36. The average molecular weight is 253 g/mol. The van der Waals surface area contributed by atoms with Gasteiger partial charge in [-0.2, -0.15) is 0 Å². The zero-order valence-corrected chi connectivity index (χ0v) is 10.8. The summed E-state index contributed by atoms with van der Waals surface area (Å²) in [5, 5.41) is 17.0. The van der Waals surface area contributed by atoms with Crippen LogP contribution in [0.25, 0.3) is 0 Å². The maximum atomic E-state index is 10.9. The molecule has 1 heterocycles. The first kappa shape index (κ1) is 13.0. The molecule has 2 rings (SSSR count). The van der Waals surface area contributed by atoms with Crippen molar-refractivity contribution in [3.05, 3.63) is 11.8 Å². The topological polar surface area (TPSA) is 79.5 Å². The lowest BCUT2D eigenvalue weighted by atomic mass is 9.82. The molecule has 0 radical (unpaired) electrons. The molecule has 100 valence electrons. The monoisotopic (exact) mass is 253 g/mol. The summed E-state index contributed by atoms with van der Waals surface area (Å²) in [6.45, 7) is 0.636. The van der Waals surface area contributed by atoms with Crippen molar-refractivity contribution >= 4 is 5.97 Å². The van der Waals surface area contributed by atoms with Crippen LogP contribution in [0.5, 0.6) is 0 Å². The Kier molecular flexibility index (Phi) is 3.96. The molecule has 0 saturated heterocycles. The minimum atomic E-state index is -0.688. The normalized spacial score (nSPS) is 24.4. The van der Waals surface area contributed by atoms with Gasteiger partial charge in [0.05, 0.1) is 12.5 Å². The van der Waals surface area contributed by atoms with E-state index in [0.29, 0.717) is 31.2 Å². The van der Waals surface area contributed by atoms with Crippen LogP contribution in [0.2, 0.25) is 0 Å². The Bertz CT molecular complexity index is 408. The fourth-order valence-corrected chi connectivity index (χ4v) is 2.35. The fourth-order valence-electron chi connectivity index (χ4n) is 2.35. The van der Waals surface area contributed by atoms with E-state index in [1.165, 1.54) is 0 Å². The zero-order valence-electron chi connectivity index (χ0n) is 10.8. The van der Waals surface area contributed by atoms with Gasteiger partial charge in [-0.3, -0.25) is 4.79 Å². The van der Waals surface area contributed by atoms with Gasteiger partial charge < -0.3 is 14.4 Å². The first-order valence-corrected chi connectivity index (χ1v) is 6.26. The number of nitrogens with zero attached hydrogens (tertiary/aromatic N) is 3. The molecule has 0 amide bonds. The Balaban J connectivity index is 1.93. The van der Waals surface area contributed by atoms with Crippen molar-refractivity contribution in [1.29, 1.82) is 0 Å². The molecule has 0 spiro atoms. The van der Waals surface area contributed by atoms with Gasteiger partial charge in [0.1, 0.15) is 0 Å². The second-order valence-corrected chi connectivity index (χ2v) is 5.16. The van der Waals surface area contributed by atoms with Crippen molar-refractivity contribution in [3.8, 4) is 0 Å². The summed E-state index contributed by atoms with van der Waals surface area (Å²) in [4.78, 5) is 12.8. The molecule has 1 fully saturated rings. The minimum Gasteiger partial charge on any atom is -0.481 e. The average Bonchev–Trinajstić information content (AvgIpc) is 2.76. The van der Waals surface area contributed by atoms with Gasteiger partial charge in [-0.25, -0.2) is 0 Å². The van der Waals surface area contributed by atoms with E-state index >= 15 is 0 Å². The van der Waals surface area contributed by atoms with Gasteiger partial charge in [0.25, 0.3) is 0 Å². The Hall–Kier alpha value is -1.43. The van der Waals surface area contributed by atoms with Crippen LogP contribution in [0.15, 0.2) is 4.42 Å². The number of rotatable bonds is 4. The van der Waals surface area contributed by atoms with Crippen LogP contribution in [0.1, 0.15) is 43.4 Å². The maximum Gasteiger partial charge on any atom is 0.306 e. The SMILES string of the molecule is CN(C)Cc1nnc(C2CCC(C(=O)O)CC2)o1. The molecule has 0 aliphatic heterocycles. The van der Waals surface area contributed by atoms with Crippen molar-refractivity contribution < 1.29 is 14.3 Å². The van der Waals surface area contributed by atoms with Crippen LogP contribution in [-0.4, -0.2) is 40.3 Å². The third-order valence-electron chi connectivity index (χ3n) is 3.36. The molecular formula is C12H19N3O3. The van der Waals surface area contributed by atoms with E-state index in [1.807, 2.05) is 19.0 Å². The van der Waals surface area contributed by atoms with E-state index in [1.54, 1.807) is 0 Å². The van der Waals surface area contributed by atoms with Crippen molar-refractivity contribution in [3.63, 3.8) is 0 Å². The Morgan fingerprint density at radius 2 is 2.00 bits per heavy atom. The molecule has 1 saturated carbocycles. The number of aromatic nitrogens is 2.